The molecule has 1 aliphatic rings. The second kappa shape index (κ2) is 5.75. The maximum Gasteiger partial charge on any atom is 0.188 e. The Morgan fingerprint density at radius 2 is 1.22 bits per heavy atom. The van der Waals surface area contributed by atoms with Crippen molar-refractivity contribution >= 4 is 13.9 Å². The summed E-state index contributed by atoms with van der Waals surface area (Å²) in [6.45, 7) is 28.2. The van der Waals surface area contributed by atoms with E-state index >= 15 is 0 Å². The molecular formula is C20H40N2Si. The highest BCUT2D eigenvalue weighted by Crippen LogP contribution is 2.54. The van der Waals surface area contributed by atoms with Gasteiger partial charge in [-0.3, -0.25) is 0 Å². The number of hydrogen-bond acceptors (Lipinski definition) is 2. The van der Waals surface area contributed by atoms with Gasteiger partial charge >= 0.3 is 0 Å². The minimum Gasteiger partial charge on any atom is -0.335 e. The van der Waals surface area contributed by atoms with E-state index < -0.39 is 8.24 Å². The van der Waals surface area contributed by atoms with Gasteiger partial charge < -0.3 is 5.09 Å². The fourth-order valence-electron chi connectivity index (χ4n) is 3.59. The van der Waals surface area contributed by atoms with Crippen molar-refractivity contribution in [1.29, 1.82) is 0 Å². The van der Waals surface area contributed by atoms with E-state index in [2.05, 4.69) is 94.3 Å². The second-order valence-corrected chi connectivity index (χ2v) is 16.7. The molecule has 0 aromatic heterocycles. The van der Waals surface area contributed by atoms with E-state index in [4.69, 9.17) is 5.10 Å². The number of rotatable bonds is 0. The van der Waals surface area contributed by atoms with Crippen molar-refractivity contribution in [3.8, 4) is 0 Å². The van der Waals surface area contributed by atoms with Gasteiger partial charge in [0.05, 0.1) is 5.71 Å². The van der Waals surface area contributed by atoms with Crippen LogP contribution in [0.2, 0.25) is 16.1 Å². The highest BCUT2D eigenvalue weighted by atomic mass is 28.3. The first kappa shape index (κ1) is 20.5. The predicted octanol–water partition coefficient (Wildman–Crippen LogP) is 6.51. The number of nitrogens with one attached hydrogen (secondary N) is 1. The summed E-state index contributed by atoms with van der Waals surface area (Å²) in [5, 5.41) is 9.26. The maximum atomic E-state index is 5.00. The number of hydrazone groups is 1. The van der Waals surface area contributed by atoms with Crippen LogP contribution in [0.15, 0.2) is 16.8 Å². The lowest BCUT2D eigenvalue weighted by Gasteiger charge is -2.51. The van der Waals surface area contributed by atoms with Crippen LogP contribution in [0.5, 0.6) is 0 Å². The molecule has 1 rings (SSSR count). The van der Waals surface area contributed by atoms with E-state index in [0.717, 1.165) is 6.04 Å². The Hall–Kier alpha value is -0.573. The van der Waals surface area contributed by atoms with Gasteiger partial charge in [0.25, 0.3) is 0 Å². The van der Waals surface area contributed by atoms with Crippen LogP contribution in [0.3, 0.4) is 0 Å². The molecule has 2 nitrogen and oxygen atoms in total. The Bertz CT molecular complexity index is 486. The summed E-state index contributed by atoms with van der Waals surface area (Å²) in [7, 11) is -1.94. The molecule has 0 aliphatic carbocycles. The third-order valence-electron chi connectivity index (χ3n) is 5.43. The van der Waals surface area contributed by atoms with Gasteiger partial charge in [0.15, 0.2) is 8.24 Å². The van der Waals surface area contributed by atoms with Crippen LogP contribution < -0.4 is 5.09 Å². The van der Waals surface area contributed by atoms with Gasteiger partial charge in [-0.2, -0.15) is 5.10 Å². The summed E-state index contributed by atoms with van der Waals surface area (Å²) < 4.78 is 0. The van der Waals surface area contributed by atoms with Crippen LogP contribution in [0, 0.1) is 10.8 Å². The first-order valence-electron chi connectivity index (χ1n) is 8.98. The highest BCUT2D eigenvalue weighted by Gasteiger charge is 2.55. The SMILES string of the molecule is CC(C)(C)C1=CC(C(C)(C)C)=NN[Si](C(C)(C)C)(C(C)(C)C)C1. The Balaban J connectivity index is 3.63. The third-order valence-corrected chi connectivity index (χ3v) is 12.0. The maximum absolute atomic E-state index is 5.00. The van der Waals surface area contributed by atoms with Gasteiger partial charge in [0, 0.05) is 5.41 Å². The topological polar surface area (TPSA) is 24.4 Å². The van der Waals surface area contributed by atoms with Crippen molar-refractivity contribution in [2.24, 2.45) is 15.9 Å². The lowest BCUT2D eigenvalue weighted by Crippen LogP contribution is -2.61. The normalized spacial score (nSPS) is 20.3. The van der Waals surface area contributed by atoms with Gasteiger partial charge in [-0.15, -0.1) is 0 Å². The second-order valence-electron chi connectivity index (χ2n) is 11.4. The molecule has 0 radical (unpaired) electrons. The number of hydrogen-bond donors (Lipinski definition) is 1. The summed E-state index contributed by atoms with van der Waals surface area (Å²) >= 11 is 0. The van der Waals surface area contributed by atoms with E-state index in [1.165, 1.54) is 5.71 Å². The van der Waals surface area contributed by atoms with Crippen molar-refractivity contribution in [3.63, 3.8) is 0 Å². The largest absolute Gasteiger partial charge is 0.335 e. The summed E-state index contributed by atoms with van der Waals surface area (Å²) in [5.41, 5.74) is 2.97. The minimum absolute atomic E-state index is 0.0593. The molecule has 1 heterocycles. The molecule has 1 N–H and O–H groups in total. The predicted molar refractivity (Wildman–Crippen MR) is 108 cm³/mol. The average molecular weight is 337 g/mol. The van der Waals surface area contributed by atoms with Crippen LogP contribution in [0.25, 0.3) is 0 Å². The van der Waals surface area contributed by atoms with Crippen molar-refractivity contribution < 1.29 is 0 Å². The fraction of sp³-hybridized carbons (Fsp3) is 0.850. The van der Waals surface area contributed by atoms with Crippen molar-refractivity contribution in [2.45, 2.75) is 99.2 Å². The van der Waals surface area contributed by atoms with Crippen molar-refractivity contribution in [3.05, 3.63) is 11.6 Å². The molecule has 0 saturated carbocycles. The summed E-state index contributed by atoms with van der Waals surface area (Å²) in [6.07, 6.45) is 2.39. The van der Waals surface area contributed by atoms with Gasteiger partial charge in [-0.1, -0.05) is 88.7 Å². The monoisotopic (exact) mass is 336 g/mol. The molecular weight excluding hydrogens is 296 g/mol. The zero-order valence-electron chi connectivity index (χ0n) is 17.7. The van der Waals surface area contributed by atoms with E-state index in [-0.39, 0.29) is 20.9 Å². The smallest absolute Gasteiger partial charge is 0.188 e. The van der Waals surface area contributed by atoms with E-state index in [1.54, 1.807) is 5.57 Å². The molecule has 0 atom stereocenters. The van der Waals surface area contributed by atoms with Crippen LogP contribution in [0.1, 0.15) is 83.1 Å². The van der Waals surface area contributed by atoms with Crippen LogP contribution in [-0.2, 0) is 0 Å². The first-order chi connectivity index (χ1) is 9.92. The number of nitrogens with zero attached hydrogens (tertiary/aromatic N) is 1. The molecule has 0 saturated heterocycles. The molecule has 0 bridgehead atoms. The van der Waals surface area contributed by atoms with Gasteiger partial charge in [0.2, 0.25) is 0 Å². The zero-order chi connectivity index (χ0) is 18.5. The van der Waals surface area contributed by atoms with Gasteiger partial charge in [-0.25, -0.2) is 0 Å². The van der Waals surface area contributed by atoms with Crippen LogP contribution in [-0.4, -0.2) is 13.9 Å². The quantitative estimate of drug-likeness (QED) is 0.501. The molecule has 0 unspecified atom stereocenters. The van der Waals surface area contributed by atoms with E-state index in [0.29, 0.717) is 0 Å². The molecule has 0 aromatic carbocycles. The molecule has 134 valence electrons. The van der Waals surface area contributed by atoms with E-state index in [9.17, 15) is 0 Å². The highest BCUT2D eigenvalue weighted by molar-refractivity contribution is 6.83. The molecule has 0 fully saturated rings. The summed E-state index contributed by atoms with van der Waals surface area (Å²) in [4.78, 5) is 0. The average Bonchev–Trinajstić information content (AvgIpc) is 2.45. The molecule has 0 aromatic rings. The van der Waals surface area contributed by atoms with Gasteiger partial charge in [-0.05, 0) is 27.6 Å². The minimum atomic E-state index is -1.94. The lowest BCUT2D eigenvalue weighted by molar-refractivity contribution is 0.492. The summed E-state index contributed by atoms with van der Waals surface area (Å²) in [5.74, 6) is 0. The van der Waals surface area contributed by atoms with Crippen molar-refractivity contribution in [1.82, 2.24) is 5.09 Å². The molecule has 0 spiro atoms. The van der Waals surface area contributed by atoms with Gasteiger partial charge in [0.1, 0.15) is 0 Å². The number of allylic oxidation sites excluding steroid dienone is 2. The standard InChI is InChI=1S/C20H40N2Si/c1-17(2,3)15-13-16(18(4,5)6)21-22-23(14-15,19(7,8)9)20(10,11)12/h13,22H,14H2,1-12H3. The lowest BCUT2D eigenvalue weighted by atomic mass is 9.82. The molecule has 0 amide bonds. The Kier molecular flexibility index (Phi) is 5.12. The Labute approximate surface area is 146 Å². The summed E-state index contributed by atoms with van der Waals surface area (Å²) in [6, 6.07) is 1.16. The fourth-order valence-corrected chi connectivity index (χ4v) is 9.16. The van der Waals surface area contributed by atoms with Crippen LogP contribution >= 0.6 is 0 Å². The third kappa shape index (κ3) is 4.10. The van der Waals surface area contributed by atoms with Crippen molar-refractivity contribution in [2.75, 3.05) is 0 Å². The van der Waals surface area contributed by atoms with E-state index in [1.807, 2.05) is 0 Å². The molecule has 3 heteroatoms. The first-order valence-corrected chi connectivity index (χ1v) is 11.2. The Morgan fingerprint density at radius 3 is 1.52 bits per heavy atom. The molecule has 1 aliphatic heterocycles. The zero-order valence-corrected chi connectivity index (χ0v) is 18.7. The molecule has 23 heavy (non-hydrogen) atoms. The van der Waals surface area contributed by atoms with Crippen LogP contribution in [0.4, 0.5) is 0 Å². The Morgan fingerprint density at radius 1 is 0.783 bits per heavy atom.